The molecule has 2 rings (SSSR count). The molecule has 0 bridgehead atoms. The minimum atomic E-state index is -0.341. The Kier molecular flexibility index (Phi) is 5.57. The van der Waals surface area contributed by atoms with Gasteiger partial charge in [-0.05, 0) is 67.8 Å². The molecule has 7 heteroatoms. The van der Waals surface area contributed by atoms with Crippen LogP contribution in [-0.2, 0) is 0 Å². The summed E-state index contributed by atoms with van der Waals surface area (Å²) >= 11 is 6.45. The van der Waals surface area contributed by atoms with Crippen LogP contribution in [0.3, 0.4) is 0 Å². The van der Waals surface area contributed by atoms with Crippen molar-refractivity contribution in [2.24, 2.45) is 5.10 Å². The summed E-state index contributed by atoms with van der Waals surface area (Å²) in [5.74, 6) is 0.368. The van der Waals surface area contributed by atoms with Crippen LogP contribution in [0.15, 0.2) is 50.4 Å². The van der Waals surface area contributed by atoms with E-state index in [1.807, 2.05) is 0 Å². The lowest BCUT2D eigenvalue weighted by atomic mass is 10.2. The lowest BCUT2D eigenvalue weighted by Gasteiger charge is -2.04. The zero-order valence-corrected chi connectivity index (χ0v) is 14.7. The zero-order chi connectivity index (χ0) is 16.1. The first-order valence-electron chi connectivity index (χ1n) is 6.16. The van der Waals surface area contributed by atoms with E-state index in [1.54, 1.807) is 36.4 Å². The number of benzene rings is 2. The van der Waals surface area contributed by atoms with E-state index in [9.17, 15) is 9.90 Å². The molecule has 22 heavy (non-hydrogen) atoms. The summed E-state index contributed by atoms with van der Waals surface area (Å²) in [6.07, 6.45) is 1.48. The molecule has 0 aliphatic rings. The van der Waals surface area contributed by atoms with Gasteiger partial charge in [-0.2, -0.15) is 5.10 Å². The van der Waals surface area contributed by atoms with Crippen LogP contribution in [0.2, 0.25) is 0 Å². The average Bonchev–Trinajstić information content (AvgIpc) is 2.52. The van der Waals surface area contributed by atoms with E-state index in [-0.39, 0.29) is 11.7 Å². The Morgan fingerprint density at radius 3 is 2.59 bits per heavy atom. The fourth-order valence-electron chi connectivity index (χ4n) is 1.65. The Labute approximate surface area is 144 Å². The minimum absolute atomic E-state index is 0.109. The van der Waals surface area contributed by atoms with Crippen molar-refractivity contribution in [3.8, 4) is 11.5 Å². The Hall–Kier alpha value is -1.86. The van der Waals surface area contributed by atoms with Crippen molar-refractivity contribution in [3.63, 3.8) is 0 Å². The number of phenolic OH excluding ortho intramolecular Hbond substituents is 1. The van der Waals surface area contributed by atoms with Gasteiger partial charge in [-0.25, -0.2) is 5.43 Å². The van der Waals surface area contributed by atoms with Crippen LogP contribution in [0.1, 0.15) is 15.9 Å². The van der Waals surface area contributed by atoms with E-state index >= 15 is 0 Å². The topological polar surface area (TPSA) is 70.9 Å². The largest absolute Gasteiger partial charge is 0.506 e. The second kappa shape index (κ2) is 7.42. The molecule has 0 atom stereocenters. The predicted molar refractivity (Wildman–Crippen MR) is 91.6 cm³/mol. The van der Waals surface area contributed by atoms with E-state index in [2.05, 4.69) is 42.4 Å². The number of carbonyl (C=O) groups is 1. The van der Waals surface area contributed by atoms with Crippen LogP contribution >= 0.6 is 31.9 Å². The van der Waals surface area contributed by atoms with Gasteiger partial charge in [-0.3, -0.25) is 4.79 Å². The van der Waals surface area contributed by atoms with Crippen molar-refractivity contribution in [1.29, 1.82) is 0 Å². The molecule has 114 valence electrons. The zero-order valence-electron chi connectivity index (χ0n) is 11.5. The van der Waals surface area contributed by atoms with Crippen LogP contribution in [0.4, 0.5) is 0 Å². The van der Waals surface area contributed by atoms with Gasteiger partial charge in [-0.1, -0.05) is 6.07 Å². The first kappa shape index (κ1) is 16.5. The number of hydrogen-bond donors (Lipinski definition) is 2. The van der Waals surface area contributed by atoms with Gasteiger partial charge in [0.25, 0.3) is 5.91 Å². The molecule has 0 fully saturated rings. The third-order valence-electron chi connectivity index (χ3n) is 2.75. The van der Waals surface area contributed by atoms with Crippen LogP contribution < -0.4 is 10.2 Å². The molecule has 1 amide bonds. The van der Waals surface area contributed by atoms with E-state index < -0.39 is 0 Å². The highest BCUT2D eigenvalue weighted by Crippen LogP contribution is 2.32. The van der Waals surface area contributed by atoms with Gasteiger partial charge in [0.15, 0.2) is 0 Å². The molecule has 2 aromatic rings. The van der Waals surface area contributed by atoms with Crippen molar-refractivity contribution in [3.05, 3.63) is 56.5 Å². The molecule has 0 heterocycles. The van der Waals surface area contributed by atoms with E-state index in [0.29, 0.717) is 25.8 Å². The highest BCUT2D eigenvalue weighted by molar-refractivity contribution is 9.11. The summed E-state index contributed by atoms with van der Waals surface area (Å²) in [5, 5.41) is 13.5. The van der Waals surface area contributed by atoms with Gasteiger partial charge in [0, 0.05) is 5.56 Å². The quantitative estimate of drug-likeness (QED) is 0.577. The SMILES string of the molecule is COc1cccc(C(=O)N/N=C\c2cc(Br)c(O)c(Br)c2)c1. The molecule has 0 unspecified atom stereocenters. The summed E-state index contributed by atoms with van der Waals surface area (Å²) in [6, 6.07) is 10.1. The Bertz CT molecular complexity index is 709. The van der Waals surface area contributed by atoms with E-state index in [4.69, 9.17) is 4.74 Å². The highest BCUT2D eigenvalue weighted by atomic mass is 79.9. The third kappa shape index (κ3) is 4.08. The number of nitrogens with one attached hydrogen (secondary N) is 1. The van der Waals surface area contributed by atoms with E-state index in [1.165, 1.54) is 13.3 Å². The molecule has 2 aromatic carbocycles. The molecule has 2 N–H and O–H groups in total. The Morgan fingerprint density at radius 1 is 1.27 bits per heavy atom. The summed E-state index contributed by atoms with van der Waals surface area (Å²) in [6.45, 7) is 0. The number of hydrogen-bond acceptors (Lipinski definition) is 4. The van der Waals surface area contributed by atoms with Crippen molar-refractivity contribution < 1.29 is 14.6 Å². The Morgan fingerprint density at radius 2 is 1.95 bits per heavy atom. The van der Waals surface area contributed by atoms with E-state index in [0.717, 1.165) is 0 Å². The van der Waals surface area contributed by atoms with Gasteiger partial charge in [0.05, 0.1) is 22.3 Å². The lowest BCUT2D eigenvalue weighted by molar-refractivity contribution is 0.0955. The molecule has 0 aliphatic carbocycles. The molecule has 0 aromatic heterocycles. The molecule has 0 radical (unpaired) electrons. The fraction of sp³-hybridized carbons (Fsp3) is 0.0667. The monoisotopic (exact) mass is 426 g/mol. The van der Waals surface area contributed by atoms with Crippen molar-refractivity contribution >= 4 is 44.0 Å². The van der Waals surface area contributed by atoms with Crippen molar-refractivity contribution in [1.82, 2.24) is 5.43 Å². The lowest BCUT2D eigenvalue weighted by Crippen LogP contribution is -2.17. The predicted octanol–water partition coefficient (Wildman–Crippen LogP) is 3.69. The fourth-order valence-corrected chi connectivity index (χ4v) is 2.88. The number of ether oxygens (including phenoxy) is 1. The number of hydrazone groups is 1. The third-order valence-corrected chi connectivity index (χ3v) is 3.96. The second-order valence-corrected chi connectivity index (χ2v) is 5.97. The van der Waals surface area contributed by atoms with Crippen LogP contribution in [0.25, 0.3) is 0 Å². The highest BCUT2D eigenvalue weighted by Gasteiger charge is 2.06. The number of aromatic hydroxyl groups is 1. The maximum Gasteiger partial charge on any atom is 0.271 e. The van der Waals surface area contributed by atoms with Crippen LogP contribution in [-0.4, -0.2) is 24.3 Å². The van der Waals surface area contributed by atoms with Crippen molar-refractivity contribution in [2.45, 2.75) is 0 Å². The molecular formula is C15H12Br2N2O3. The number of carbonyl (C=O) groups excluding carboxylic acids is 1. The van der Waals surface area contributed by atoms with Gasteiger partial charge in [-0.15, -0.1) is 0 Å². The smallest absolute Gasteiger partial charge is 0.271 e. The number of halogens is 2. The molecule has 0 spiro atoms. The normalized spacial score (nSPS) is 10.7. The maximum absolute atomic E-state index is 12.0. The number of rotatable bonds is 4. The summed E-state index contributed by atoms with van der Waals surface area (Å²) in [7, 11) is 1.54. The number of amides is 1. The molecule has 0 saturated carbocycles. The molecule has 5 nitrogen and oxygen atoms in total. The van der Waals surface area contributed by atoms with Crippen molar-refractivity contribution in [2.75, 3.05) is 7.11 Å². The summed E-state index contributed by atoms with van der Waals surface area (Å²) in [4.78, 5) is 12.0. The Balaban J connectivity index is 2.07. The molecular weight excluding hydrogens is 416 g/mol. The van der Waals surface area contributed by atoms with Gasteiger partial charge >= 0.3 is 0 Å². The number of methoxy groups -OCH3 is 1. The maximum atomic E-state index is 12.0. The first-order chi connectivity index (χ1) is 10.5. The first-order valence-corrected chi connectivity index (χ1v) is 7.75. The van der Waals surface area contributed by atoms with Crippen LogP contribution in [0, 0.1) is 0 Å². The number of nitrogens with zero attached hydrogens (tertiary/aromatic N) is 1. The minimum Gasteiger partial charge on any atom is -0.506 e. The number of phenols is 1. The summed E-state index contributed by atoms with van der Waals surface area (Å²) in [5.41, 5.74) is 3.59. The second-order valence-electron chi connectivity index (χ2n) is 4.26. The van der Waals surface area contributed by atoms with Gasteiger partial charge in [0.2, 0.25) is 0 Å². The van der Waals surface area contributed by atoms with Crippen LogP contribution in [0.5, 0.6) is 11.5 Å². The average molecular weight is 428 g/mol. The van der Waals surface area contributed by atoms with Gasteiger partial charge in [0.1, 0.15) is 11.5 Å². The molecule has 0 saturated heterocycles. The van der Waals surface area contributed by atoms with Gasteiger partial charge < -0.3 is 9.84 Å². The molecule has 0 aliphatic heterocycles. The standard InChI is InChI=1S/C15H12Br2N2O3/c1-22-11-4-2-3-10(7-11)15(21)19-18-8-9-5-12(16)14(20)13(17)6-9/h2-8,20H,1H3,(H,19,21)/b18-8-. The summed E-state index contributed by atoms with van der Waals surface area (Å²) < 4.78 is 6.12.